The zero-order chi connectivity index (χ0) is 13.5. The molecule has 0 aliphatic rings. The Morgan fingerprint density at radius 2 is 1.89 bits per heavy atom. The zero-order valence-electron chi connectivity index (χ0n) is 10.7. The van der Waals surface area contributed by atoms with Crippen LogP contribution in [-0.4, -0.2) is 22.2 Å². The molecule has 0 aliphatic heterocycles. The molecule has 0 fully saturated rings. The highest BCUT2D eigenvalue weighted by Crippen LogP contribution is 2.10. The van der Waals surface area contributed by atoms with E-state index in [9.17, 15) is 15.2 Å². The van der Waals surface area contributed by atoms with Crippen LogP contribution in [0.5, 0.6) is 0 Å². The van der Waals surface area contributed by atoms with Crippen molar-refractivity contribution in [1.82, 2.24) is 0 Å². The molecule has 0 amide bonds. The Morgan fingerprint density at radius 3 is 2.39 bits per heavy atom. The molecule has 0 aliphatic carbocycles. The van der Waals surface area contributed by atoms with Gasteiger partial charge in [0.1, 0.15) is 6.10 Å². The van der Waals surface area contributed by atoms with E-state index < -0.39 is 17.1 Å². The second-order valence-electron chi connectivity index (χ2n) is 4.66. The number of nitro groups is 1. The first kappa shape index (κ1) is 14.4. The summed E-state index contributed by atoms with van der Waals surface area (Å²) in [5.74, 6) is 0.267. The van der Waals surface area contributed by atoms with Crippen LogP contribution < -0.4 is 0 Å². The van der Waals surface area contributed by atoms with Crippen molar-refractivity contribution >= 4 is 0 Å². The maximum Gasteiger partial charge on any atom is 0.246 e. The van der Waals surface area contributed by atoms with E-state index in [1.165, 1.54) is 6.08 Å². The standard InChI is InChI=1S/C14H19NO3/c1-11(2)8-9-14(16)13(15(17)18)10-12-6-4-3-5-7-12/h3-9,11,13-14,16H,10H2,1-2H3/b9-8+/t13-,14+/m1/s1. The lowest BCUT2D eigenvalue weighted by atomic mass is 10.0. The fourth-order valence-electron chi connectivity index (χ4n) is 1.64. The van der Waals surface area contributed by atoms with E-state index in [0.29, 0.717) is 0 Å². The predicted octanol–water partition coefficient (Wildman–Crippen LogP) is 2.45. The highest BCUT2D eigenvalue weighted by molar-refractivity contribution is 5.16. The molecule has 0 aromatic heterocycles. The molecule has 0 spiro atoms. The van der Waals surface area contributed by atoms with E-state index in [-0.39, 0.29) is 12.3 Å². The minimum Gasteiger partial charge on any atom is -0.382 e. The molecule has 98 valence electrons. The summed E-state index contributed by atoms with van der Waals surface area (Å²) >= 11 is 0. The highest BCUT2D eigenvalue weighted by atomic mass is 16.6. The lowest BCUT2D eigenvalue weighted by molar-refractivity contribution is -0.531. The Morgan fingerprint density at radius 1 is 1.28 bits per heavy atom. The summed E-state index contributed by atoms with van der Waals surface area (Å²) < 4.78 is 0. The van der Waals surface area contributed by atoms with Crippen LogP contribution in [-0.2, 0) is 6.42 Å². The lowest BCUT2D eigenvalue weighted by Crippen LogP contribution is -2.34. The van der Waals surface area contributed by atoms with E-state index in [2.05, 4.69) is 0 Å². The number of nitrogens with zero attached hydrogens (tertiary/aromatic N) is 1. The molecule has 1 N–H and O–H groups in total. The van der Waals surface area contributed by atoms with E-state index in [1.54, 1.807) is 6.08 Å². The van der Waals surface area contributed by atoms with Gasteiger partial charge in [-0.1, -0.05) is 56.3 Å². The Bertz CT molecular complexity index is 401. The lowest BCUT2D eigenvalue weighted by Gasteiger charge is -2.13. The maximum absolute atomic E-state index is 11.0. The van der Waals surface area contributed by atoms with Crippen LogP contribution in [0.15, 0.2) is 42.5 Å². The number of hydrogen-bond acceptors (Lipinski definition) is 3. The number of allylic oxidation sites excluding steroid dienone is 1. The smallest absolute Gasteiger partial charge is 0.246 e. The van der Waals surface area contributed by atoms with Gasteiger partial charge in [-0.15, -0.1) is 0 Å². The molecule has 4 heteroatoms. The molecule has 1 aromatic carbocycles. The Balaban J connectivity index is 2.74. The van der Waals surface area contributed by atoms with Gasteiger partial charge in [0.25, 0.3) is 0 Å². The van der Waals surface area contributed by atoms with Crippen molar-refractivity contribution in [3.8, 4) is 0 Å². The molecular formula is C14H19NO3. The molecule has 0 heterocycles. The van der Waals surface area contributed by atoms with E-state index in [1.807, 2.05) is 44.2 Å². The summed E-state index contributed by atoms with van der Waals surface area (Å²) in [6, 6.07) is 8.19. The SMILES string of the molecule is CC(C)/C=C/[C@H](O)[C@@H](Cc1ccccc1)[N+](=O)[O-]. The van der Waals surface area contributed by atoms with Crippen LogP contribution in [0.4, 0.5) is 0 Å². The van der Waals surface area contributed by atoms with Gasteiger partial charge < -0.3 is 5.11 Å². The Hall–Kier alpha value is -1.68. The zero-order valence-corrected chi connectivity index (χ0v) is 10.7. The van der Waals surface area contributed by atoms with Crippen LogP contribution in [0.3, 0.4) is 0 Å². The van der Waals surface area contributed by atoms with Crippen molar-refractivity contribution in [3.05, 3.63) is 58.2 Å². The number of benzene rings is 1. The van der Waals surface area contributed by atoms with Crippen molar-refractivity contribution in [1.29, 1.82) is 0 Å². The average molecular weight is 249 g/mol. The second-order valence-corrected chi connectivity index (χ2v) is 4.66. The molecule has 2 atom stereocenters. The van der Waals surface area contributed by atoms with E-state index in [4.69, 9.17) is 0 Å². The van der Waals surface area contributed by atoms with Crippen molar-refractivity contribution in [3.63, 3.8) is 0 Å². The van der Waals surface area contributed by atoms with Crippen molar-refractivity contribution in [2.45, 2.75) is 32.4 Å². The van der Waals surface area contributed by atoms with Gasteiger partial charge >= 0.3 is 0 Å². The molecule has 0 radical (unpaired) electrons. The molecular weight excluding hydrogens is 230 g/mol. The van der Waals surface area contributed by atoms with Gasteiger partial charge in [0.2, 0.25) is 6.04 Å². The topological polar surface area (TPSA) is 63.4 Å². The van der Waals surface area contributed by atoms with E-state index in [0.717, 1.165) is 5.56 Å². The minimum absolute atomic E-state index is 0.234. The highest BCUT2D eigenvalue weighted by Gasteiger charge is 2.28. The molecule has 0 saturated heterocycles. The van der Waals surface area contributed by atoms with Gasteiger partial charge in [-0.3, -0.25) is 10.1 Å². The number of rotatable bonds is 6. The summed E-state index contributed by atoms with van der Waals surface area (Å²) in [6.45, 7) is 3.92. The fraction of sp³-hybridized carbons (Fsp3) is 0.429. The monoisotopic (exact) mass is 249 g/mol. The third kappa shape index (κ3) is 4.67. The molecule has 0 unspecified atom stereocenters. The molecule has 18 heavy (non-hydrogen) atoms. The first-order chi connectivity index (χ1) is 8.50. The summed E-state index contributed by atoms with van der Waals surface area (Å²) in [5, 5.41) is 20.9. The normalized spacial score (nSPS) is 14.9. The van der Waals surface area contributed by atoms with Gasteiger partial charge in [0, 0.05) is 11.3 Å². The minimum atomic E-state index is -1.05. The summed E-state index contributed by atoms with van der Waals surface area (Å²) in [4.78, 5) is 10.6. The third-order valence-corrected chi connectivity index (χ3v) is 2.65. The first-order valence-corrected chi connectivity index (χ1v) is 6.04. The van der Waals surface area contributed by atoms with Crippen molar-refractivity contribution in [2.24, 2.45) is 5.92 Å². The van der Waals surface area contributed by atoms with Crippen LogP contribution in [0.25, 0.3) is 0 Å². The van der Waals surface area contributed by atoms with Gasteiger partial charge in [-0.05, 0) is 11.5 Å². The van der Waals surface area contributed by atoms with Gasteiger partial charge in [0.15, 0.2) is 0 Å². The largest absolute Gasteiger partial charge is 0.382 e. The molecule has 1 aromatic rings. The van der Waals surface area contributed by atoms with Crippen molar-refractivity contribution in [2.75, 3.05) is 0 Å². The van der Waals surface area contributed by atoms with Crippen LogP contribution in [0.2, 0.25) is 0 Å². The summed E-state index contributed by atoms with van der Waals surface area (Å²) in [6.07, 6.45) is 2.48. The summed E-state index contributed by atoms with van der Waals surface area (Å²) in [7, 11) is 0. The van der Waals surface area contributed by atoms with Crippen LogP contribution in [0.1, 0.15) is 19.4 Å². The van der Waals surface area contributed by atoms with Gasteiger partial charge in [-0.2, -0.15) is 0 Å². The Kier molecular flexibility index (Phi) is 5.52. The number of aliphatic hydroxyl groups is 1. The fourth-order valence-corrected chi connectivity index (χ4v) is 1.64. The predicted molar refractivity (Wildman–Crippen MR) is 70.9 cm³/mol. The van der Waals surface area contributed by atoms with E-state index >= 15 is 0 Å². The molecule has 4 nitrogen and oxygen atoms in total. The van der Waals surface area contributed by atoms with Crippen LogP contribution in [0, 0.1) is 16.0 Å². The van der Waals surface area contributed by atoms with Gasteiger partial charge in [0.05, 0.1) is 0 Å². The average Bonchev–Trinajstić information content (AvgIpc) is 2.34. The molecule has 0 bridgehead atoms. The molecule has 0 saturated carbocycles. The van der Waals surface area contributed by atoms with Gasteiger partial charge in [-0.25, -0.2) is 0 Å². The van der Waals surface area contributed by atoms with Crippen molar-refractivity contribution < 1.29 is 10.0 Å². The third-order valence-electron chi connectivity index (χ3n) is 2.65. The first-order valence-electron chi connectivity index (χ1n) is 6.04. The molecule has 1 rings (SSSR count). The summed E-state index contributed by atoms with van der Waals surface area (Å²) in [5.41, 5.74) is 0.858. The number of aliphatic hydroxyl groups excluding tert-OH is 1. The quantitative estimate of drug-likeness (QED) is 0.478. The maximum atomic E-state index is 11.0. The Labute approximate surface area is 107 Å². The second kappa shape index (κ2) is 6.91. The number of hydrogen-bond donors (Lipinski definition) is 1. The van der Waals surface area contributed by atoms with Crippen LogP contribution >= 0.6 is 0 Å².